The molecule has 0 saturated heterocycles. The van der Waals surface area contributed by atoms with Gasteiger partial charge in [-0.3, -0.25) is 0 Å². The van der Waals surface area contributed by atoms with E-state index in [1.54, 1.807) is 0 Å². The fourth-order valence-electron chi connectivity index (χ4n) is 3.94. The summed E-state index contributed by atoms with van der Waals surface area (Å²) < 4.78 is 0. The van der Waals surface area contributed by atoms with Gasteiger partial charge in [-0.25, -0.2) is 0 Å². The van der Waals surface area contributed by atoms with Gasteiger partial charge in [0.05, 0.1) is 0 Å². The highest BCUT2D eigenvalue weighted by molar-refractivity contribution is 5.51. The minimum Gasteiger partial charge on any atom is -0.322 e. The molecule has 2 nitrogen and oxygen atoms in total. The van der Waals surface area contributed by atoms with E-state index < -0.39 is 0 Å². The number of rotatable bonds is 0. The van der Waals surface area contributed by atoms with Crippen molar-refractivity contribution < 1.29 is 0 Å². The highest BCUT2D eigenvalue weighted by Gasteiger charge is 2.28. The van der Waals surface area contributed by atoms with Crippen LogP contribution in [0.4, 0.5) is 0 Å². The van der Waals surface area contributed by atoms with Crippen molar-refractivity contribution in [2.75, 3.05) is 0 Å². The van der Waals surface area contributed by atoms with Gasteiger partial charge in [0.2, 0.25) is 0 Å². The third kappa shape index (κ3) is 2.29. The standard InChI is InChI=1S/C19H24N2/c1-10-5-12(3)16-14(7-10)9-15-8-11(2)6-13(4)17(15)19(21)18(16)20/h5-8,18-19H,9,20-21H2,1-4H3. The molecule has 2 heteroatoms. The second-order valence-corrected chi connectivity index (χ2v) is 6.54. The molecule has 1 aliphatic rings. The Hall–Kier alpha value is -1.64. The molecule has 0 saturated carbocycles. The van der Waals surface area contributed by atoms with E-state index in [0.717, 1.165) is 6.42 Å². The summed E-state index contributed by atoms with van der Waals surface area (Å²) in [5.41, 5.74) is 23.3. The van der Waals surface area contributed by atoms with Gasteiger partial charge in [-0.05, 0) is 67.5 Å². The highest BCUT2D eigenvalue weighted by atomic mass is 14.8. The quantitative estimate of drug-likeness (QED) is 0.775. The molecule has 2 atom stereocenters. The first-order valence-corrected chi connectivity index (χ1v) is 7.59. The molecular formula is C19H24N2. The van der Waals surface area contributed by atoms with Gasteiger partial charge in [0, 0.05) is 12.1 Å². The summed E-state index contributed by atoms with van der Waals surface area (Å²) in [4.78, 5) is 0. The smallest absolute Gasteiger partial charge is 0.0496 e. The van der Waals surface area contributed by atoms with Crippen molar-refractivity contribution >= 4 is 0 Å². The lowest BCUT2D eigenvalue weighted by Gasteiger charge is -2.24. The summed E-state index contributed by atoms with van der Waals surface area (Å²) in [6, 6.07) is 8.68. The third-order valence-electron chi connectivity index (χ3n) is 4.67. The molecule has 1 aliphatic carbocycles. The van der Waals surface area contributed by atoms with Crippen molar-refractivity contribution in [3.63, 3.8) is 0 Å². The van der Waals surface area contributed by atoms with E-state index in [0.29, 0.717) is 0 Å². The Labute approximate surface area is 127 Å². The van der Waals surface area contributed by atoms with Crippen molar-refractivity contribution in [3.05, 3.63) is 68.8 Å². The first-order valence-electron chi connectivity index (χ1n) is 7.59. The molecule has 3 rings (SSSR count). The second-order valence-electron chi connectivity index (χ2n) is 6.54. The number of nitrogens with two attached hydrogens (primary N) is 2. The van der Waals surface area contributed by atoms with Crippen LogP contribution in [0.3, 0.4) is 0 Å². The largest absolute Gasteiger partial charge is 0.322 e. The lowest BCUT2D eigenvalue weighted by atomic mass is 9.89. The van der Waals surface area contributed by atoms with Gasteiger partial charge in [0.25, 0.3) is 0 Å². The van der Waals surface area contributed by atoms with Crippen LogP contribution in [0.5, 0.6) is 0 Å². The maximum absolute atomic E-state index is 6.54. The van der Waals surface area contributed by atoms with E-state index in [4.69, 9.17) is 11.5 Å². The zero-order chi connectivity index (χ0) is 15.3. The average molecular weight is 280 g/mol. The van der Waals surface area contributed by atoms with Crippen molar-refractivity contribution in [2.24, 2.45) is 11.5 Å². The van der Waals surface area contributed by atoms with E-state index in [2.05, 4.69) is 52.0 Å². The van der Waals surface area contributed by atoms with Crippen LogP contribution in [0.15, 0.2) is 24.3 Å². The molecule has 2 aromatic rings. The van der Waals surface area contributed by atoms with Crippen LogP contribution in [-0.2, 0) is 6.42 Å². The van der Waals surface area contributed by atoms with Crippen LogP contribution in [0.2, 0.25) is 0 Å². The van der Waals surface area contributed by atoms with Crippen molar-refractivity contribution in [1.29, 1.82) is 0 Å². The summed E-state index contributed by atoms with van der Waals surface area (Å²) in [7, 11) is 0. The summed E-state index contributed by atoms with van der Waals surface area (Å²) in [5, 5.41) is 0. The molecule has 21 heavy (non-hydrogen) atoms. The summed E-state index contributed by atoms with van der Waals surface area (Å²) >= 11 is 0. The molecule has 0 aliphatic heterocycles. The Morgan fingerprint density at radius 3 is 1.48 bits per heavy atom. The molecule has 2 unspecified atom stereocenters. The van der Waals surface area contributed by atoms with E-state index >= 15 is 0 Å². The second kappa shape index (κ2) is 4.97. The van der Waals surface area contributed by atoms with Gasteiger partial charge >= 0.3 is 0 Å². The van der Waals surface area contributed by atoms with Gasteiger partial charge in [-0.2, -0.15) is 0 Å². The Morgan fingerprint density at radius 2 is 1.10 bits per heavy atom. The minimum absolute atomic E-state index is 0.136. The van der Waals surface area contributed by atoms with Crippen LogP contribution >= 0.6 is 0 Å². The zero-order valence-electron chi connectivity index (χ0n) is 13.3. The van der Waals surface area contributed by atoms with Crippen LogP contribution < -0.4 is 11.5 Å². The van der Waals surface area contributed by atoms with Crippen LogP contribution in [0.1, 0.15) is 56.6 Å². The van der Waals surface area contributed by atoms with Crippen molar-refractivity contribution in [3.8, 4) is 0 Å². The molecule has 110 valence electrons. The highest BCUT2D eigenvalue weighted by Crippen LogP contribution is 2.38. The fourth-order valence-corrected chi connectivity index (χ4v) is 3.94. The lowest BCUT2D eigenvalue weighted by Crippen LogP contribution is -2.27. The Balaban J connectivity index is 2.29. The third-order valence-corrected chi connectivity index (χ3v) is 4.67. The van der Waals surface area contributed by atoms with Crippen molar-refractivity contribution in [1.82, 2.24) is 0 Å². The van der Waals surface area contributed by atoms with E-state index in [-0.39, 0.29) is 12.1 Å². The van der Waals surface area contributed by atoms with E-state index in [1.165, 1.54) is 44.5 Å². The maximum Gasteiger partial charge on any atom is 0.0496 e. The number of fused-ring (bicyclic) bond motifs is 2. The van der Waals surface area contributed by atoms with Gasteiger partial charge in [-0.15, -0.1) is 0 Å². The number of hydrogen-bond donors (Lipinski definition) is 2. The first kappa shape index (κ1) is 14.3. The molecule has 0 heterocycles. The normalized spacial score (nSPS) is 20.7. The Morgan fingerprint density at radius 1 is 0.714 bits per heavy atom. The Kier molecular flexibility index (Phi) is 3.39. The molecule has 0 fully saturated rings. The fraction of sp³-hybridized carbons (Fsp3) is 0.368. The molecule has 0 spiro atoms. The number of benzene rings is 2. The summed E-state index contributed by atoms with van der Waals surface area (Å²) in [6.45, 7) is 8.58. The molecule has 2 aromatic carbocycles. The monoisotopic (exact) mass is 280 g/mol. The Bertz CT molecular complexity index is 654. The topological polar surface area (TPSA) is 52.0 Å². The molecule has 0 radical (unpaired) electrons. The van der Waals surface area contributed by atoms with Crippen molar-refractivity contribution in [2.45, 2.75) is 46.2 Å². The lowest BCUT2D eigenvalue weighted by molar-refractivity contribution is 0.571. The van der Waals surface area contributed by atoms with Gasteiger partial charge in [0.1, 0.15) is 0 Å². The average Bonchev–Trinajstić information content (AvgIpc) is 2.45. The molecular weight excluding hydrogens is 256 g/mol. The van der Waals surface area contributed by atoms with Crippen LogP contribution in [0, 0.1) is 27.7 Å². The predicted octanol–water partition coefficient (Wildman–Crippen LogP) is 3.52. The van der Waals surface area contributed by atoms with Gasteiger partial charge < -0.3 is 11.5 Å². The number of aryl methyl sites for hydroxylation is 4. The zero-order valence-corrected chi connectivity index (χ0v) is 13.3. The molecule has 0 bridgehead atoms. The van der Waals surface area contributed by atoms with Crippen LogP contribution in [-0.4, -0.2) is 0 Å². The molecule has 4 N–H and O–H groups in total. The first-order chi connectivity index (χ1) is 9.88. The maximum atomic E-state index is 6.54. The minimum atomic E-state index is -0.136. The van der Waals surface area contributed by atoms with Gasteiger partial charge in [-0.1, -0.05) is 35.4 Å². The SMILES string of the molecule is Cc1cc(C)c2c(c1)Cc1cc(C)cc(C)c1C(N)C2N. The van der Waals surface area contributed by atoms with Gasteiger partial charge in [0.15, 0.2) is 0 Å². The molecule has 0 aromatic heterocycles. The molecule has 0 amide bonds. The predicted molar refractivity (Wildman–Crippen MR) is 88.5 cm³/mol. The van der Waals surface area contributed by atoms with Crippen LogP contribution in [0.25, 0.3) is 0 Å². The van der Waals surface area contributed by atoms with E-state index in [1.807, 2.05) is 0 Å². The number of hydrogen-bond acceptors (Lipinski definition) is 2. The summed E-state index contributed by atoms with van der Waals surface area (Å²) in [5.74, 6) is 0. The summed E-state index contributed by atoms with van der Waals surface area (Å²) in [6.07, 6.45) is 0.928. The van der Waals surface area contributed by atoms with E-state index in [9.17, 15) is 0 Å².